The van der Waals surface area contributed by atoms with Crippen molar-refractivity contribution in [2.75, 3.05) is 13.7 Å². The van der Waals surface area contributed by atoms with Gasteiger partial charge in [0.1, 0.15) is 0 Å². The Morgan fingerprint density at radius 3 is 2.42 bits per heavy atom. The van der Waals surface area contributed by atoms with Crippen LogP contribution < -0.4 is 5.32 Å². The molecule has 1 aliphatic carbocycles. The smallest absolute Gasteiger partial charge is 0.244 e. The summed E-state index contributed by atoms with van der Waals surface area (Å²) in [5.41, 5.74) is 3.04. The lowest BCUT2D eigenvalue weighted by atomic mass is 10.00. The lowest BCUT2D eigenvalue weighted by Crippen LogP contribution is -2.44. The molecule has 3 rings (SSSR count). The maximum Gasteiger partial charge on any atom is 0.244 e. The van der Waals surface area contributed by atoms with Crippen molar-refractivity contribution in [2.45, 2.75) is 18.4 Å². The van der Waals surface area contributed by atoms with Crippen LogP contribution in [0.4, 0.5) is 0 Å². The van der Waals surface area contributed by atoms with E-state index in [1.54, 1.807) is 19.3 Å². The fraction of sp³-hybridized carbons (Fsp3) is 0.250. The molecule has 124 valence electrons. The molecule has 4 heteroatoms. The normalized spacial score (nSPS) is 15.4. The van der Waals surface area contributed by atoms with Crippen LogP contribution in [-0.4, -0.2) is 25.2 Å². The zero-order valence-electron chi connectivity index (χ0n) is 13.6. The standard InChI is InChI=1S/C20H20ClNO2/c1-24-20(12-16-7-2-3-8-17(16)13-20)14-22-19(23)11-10-15-6-4-5-9-18(15)21/h2-11H,12-14H2,1H3,(H,22,23)/b11-10+. The molecule has 24 heavy (non-hydrogen) atoms. The summed E-state index contributed by atoms with van der Waals surface area (Å²) in [5, 5.41) is 3.57. The minimum Gasteiger partial charge on any atom is -0.376 e. The molecule has 3 nitrogen and oxygen atoms in total. The number of rotatable bonds is 5. The number of fused-ring (bicyclic) bond motifs is 1. The topological polar surface area (TPSA) is 38.3 Å². The molecule has 0 aromatic heterocycles. The number of amides is 1. The third-order valence-electron chi connectivity index (χ3n) is 4.48. The van der Waals surface area contributed by atoms with Gasteiger partial charge in [-0.1, -0.05) is 54.1 Å². The first-order valence-corrected chi connectivity index (χ1v) is 8.32. The van der Waals surface area contributed by atoms with Crippen LogP contribution in [0.5, 0.6) is 0 Å². The molecular weight excluding hydrogens is 322 g/mol. The molecule has 0 fully saturated rings. The van der Waals surface area contributed by atoms with Gasteiger partial charge < -0.3 is 10.1 Å². The number of halogens is 1. The first kappa shape index (κ1) is 16.7. The zero-order chi connectivity index (χ0) is 17.0. The van der Waals surface area contributed by atoms with Crippen molar-refractivity contribution >= 4 is 23.6 Å². The Morgan fingerprint density at radius 2 is 1.79 bits per heavy atom. The molecule has 0 radical (unpaired) electrons. The van der Waals surface area contributed by atoms with Gasteiger partial charge in [0.2, 0.25) is 5.91 Å². The predicted octanol–water partition coefficient (Wildman–Crippen LogP) is 3.65. The van der Waals surface area contributed by atoms with Crippen molar-refractivity contribution in [2.24, 2.45) is 0 Å². The fourth-order valence-corrected chi connectivity index (χ4v) is 3.28. The molecule has 0 bridgehead atoms. The van der Waals surface area contributed by atoms with Gasteiger partial charge in [0, 0.05) is 37.6 Å². The largest absolute Gasteiger partial charge is 0.376 e. The van der Waals surface area contributed by atoms with E-state index in [1.165, 1.54) is 17.2 Å². The maximum atomic E-state index is 12.1. The van der Waals surface area contributed by atoms with E-state index >= 15 is 0 Å². The highest BCUT2D eigenvalue weighted by Gasteiger charge is 2.37. The Bertz CT molecular complexity index is 745. The fourth-order valence-electron chi connectivity index (χ4n) is 3.08. The third-order valence-corrected chi connectivity index (χ3v) is 4.83. The summed E-state index contributed by atoms with van der Waals surface area (Å²) in [5.74, 6) is -0.151. The highest BCUT2D eigenvalue weighted by molar-refractivity contribution is 6.32. The van der Waals surface area contributed by atoms with Gasteiger partial charge in [-0.15, -0.1) is 0 Å². The molecule has 1 aliphatic rings. The van der Waals surface area contributed by atoms with Gasteiger partial charge in [0.25, 0.3) is 0 Å². The number of hydrogen-bond donors (Lipinski definition) is 1. The molecule has 0 saturated carbocycles. The second kappa shape index (κ2) is 7.20. The number of nitrogens with one attached hydrogen (secondary N) is 1. The summed E-state index contributed by atoms with van der Waals surface area (Å²) < 4.78 is 5.75. The molecule has 0 heterocycles. The van der Waals surface area contributed by atoms with E-state index in [0.717, 1.165) is 18.4 Å². The van der Waals surface area contributed by atoms with Gasteiger partial charge in [-0.05, 0) is 28.8 Å². The van der Waals surface area contributed by atoms with E-state index < -0.39 is 0 Å². The number of hydrogen-bond acceptors (Lipinski definition) is 2. The minimum absolute atomic E-state index is 0.151. The first-order chi connectivity index (χ1) is 11.6. The Morgan fingerprint density at radius 1 is 1.17 bits per heavy atom. The van der Waals surface area contributed by atoms with Crippen molar-refractivity contribution in [1.29, 1.82) is 0 Å². The maximum absolute atomic E-state index is 12.1. The second-order valence-electron chi connectivity index (χ2n) is 6.08. The highest BCUT2D eigenvalue weighted by atomic mass is 35.5. The lowest BCUT2D eigenvalue weighted by Gasteiger charge is -2.27. The molecule has 0 spiro atoms. The molecule has 0 aliphatic heterocycles. The molecule has 1 N–H and O–H groups in total. The van der Waals surface area contributed by atoms with Crippen LogP contribution in [0.3, 0.4) is 0 Å². The average molecular weight is 342 g/mol. The van der Waals surface area contributed by atoms with E-state index in [-0.39, 0.29) is 11.5 Å². The Balaban J connectivity index is 1.61. The van der Waals surface area contributed by atoms with Crippen molar-refractivity contribution < 1.29 is 9.53 Å². The minimum atomic E-state index is -0.364. The average Bonchev–Trinajstić information content (AvgIpc) is 2.98. The third kappa shape index (κ3) is 3.69. The number of carbonyl (C=O) groups is 1. The number of ether oxygens (including phenoxy) is 1. The summed E-state index contributed by atoms with van der Waals surface area (Å²) in [7, 11) is 1.71. The van der Waals surface area contributed by atoms with Crippen molar-refractivity contribution in [3.8, 4) is 0 Å². The second-order valence-corrected chi connectivity index (χ2v) is 6.49. The van der Waals surface area contributed by atoms with Crippen molar-refractivity contribution in [3.05, 3.63) is 76.3 Å². The Hall–Kier alpha value is -2.10. The predicted molar refractivity (Wildman–Crippen MR) is 97.1 cm³/mol. The molecule has 0 unspecified atom stereocenters. The highest BCUT2D eigenvalue weighted by Crippen LogP contribution is 2.32. The van der Waals surface area contributed by atoms with E-state index in [2.05, 4.69) is 17.4 Å². The number of carbonyl (C=O) groups excluding carboxylic acids is 1. The Kier molecular flexibility index (Phi) is 5.03. The van der Waals surface area contributed by atoms with E-state index in [1.807, 2.05) is 30.3 Å². The monoisotopic (exact) mass is 341 g/mol. The van der Waals surface area contributed by atoms with Crippen LogP contribution in [-0.2, 0) is 22.4 Å². The summed E-state index contributed by atoms with van der Waals surface area (Å²) in [4.78, 5) is 12.1. The van der Waals surface area contributed by atoms with E-state index in [4.69, 9.17) is 16.3 Å². The lowest BCUT2D eigenvalue weighted by molar-refractivity contribution is -0.118. The van der Waals surface area contributed by atoms with E-state index in [0.29, 0.717) is 11.6 Å². The molecule has 0 saturated heterocycles. The van der Waals surface area contributed by atoms with Gasteiger partial charge in [-0.25, -0.2) is 0 Å². The summed E-state index contributed by atoms with van der Waals surface area (Å²) in [6.45, 7) is 0.476. The van der Waals surface area contributed by atoms with Gasteiger partial charge in [0.05, 0.1) is 5.60 Å². The Labute approximate surface area is 147 Å². The number of benzene rings is 2. The van der Waals surface area contributed by atoms with Gasteiger partial charge in [-0.2, -0.15) is 0 Å². The molecular formula is C20H20ClNO2. The van der Waals surface area contributed by atoms with Crippen LogP contribution in [0, 0.1) is 0 Å². The molecule has 0 atom stereocenters. The summed E-state index contributed by atoms with van der Waals surface area (Å²) in [6, 6.07) is 15.7. The van der Waals surface area contributed by atoms with Crippen LogP contribution in [0.25, 0.3) is 6.08 Å². The first-order valence-electron chi connectivity index (χ1n) is 7.94. The van der Waals surface area contributed by atoms with Crippen LogP contribution in [0.1, 0.15) is 16.7 Å². The molecule has 2 aromatic carbocycles. The van der Waals surface area contributed by atoms with Crippen LogP contribution >= 0.6 is 11.6 Å². The van der Waals surface area contributed by atoms with Gasteiger partial charge >= 0.3 is 0 Å². The SMILES string of the molecule is COC1(CNC(=O)/C=C/c2ccccc2Cl)Cc2ccccc2C1. The quantitative estimate of drug-likeness (QED) is 0.843. The zero-order valence-corrected chi connectivity index (χ0v) is 14.3. The van der Waals surface area contributed by atoms with Crippen LogP contribution in [0.15, 0.2) is 54.6 Å². The van der Waals surface area contributed by atoms with E-state index in [9.17, 15) is 4.79 Å². The molecule has 1 amide bonds. The number of methoxy groups -OCH3 is 1. The van der Waals surface area contributed by atoms with Crippen molar-refractivity contribution in [1.82, 2.24) is 5.32 Å². The van der Waals surface area contributed by atoms with Crippen molar-refractivity contribution in [3.63, 3.8) is 0 Å². The van der Waals surface area contributed by atoms with Gasteiger partial charge in [-0.3, -0.25) is 4.79 Å². The van der Waals surface area contributed by atoms with Gasteiger partial charge in [0.15, 0.2) is 0 Å². The molecule has 2 aromatic rings. The summed E-state index contributed by atoms with van der Waals surface area (Å²) in [6.07, 6.45) is 4.86. The van der Waals surface area contributed by atoms with Crippen LogP contribution in [0.2, 0.25) is 5.02 Å². The summed E-state index contributed by atoms with van der Waals surface area (Å²) >= 11 is 6.08.